The summed E-state index contributed by atoms with van der Waals surface area (Å²) in [5, 5.41) is 11.9. The third-order valence-electron chi connectivity index (χ3n) is 7.23. The summed E-state index contributed by atoms with van der Waals surface area (Å²) in [5.74, 6) is -1.24. The maximum Gasteiger partial charge on any atom is 0.304 e. The molecule has 2 heterocycles. The van der Waals surface area contributed by atoms with E-state index in [4.69, 9.17) is 9.72 Å². The van der Waals surface area contributed by atoms with Crippen molar-refractivity contribution in [2.75, 3.05) is 12.0 Å². The van der Waals surface area contributed by atoms with Gasteiger partial charge >= 0.3 is 5.97 Å². The van der Waals surface area contributed by atoms with Crippen LogP contribution in [0.25, 0.3) is 22.4 Å². The molecule has 2 aromatic heterocycles. The molecule has 1 N–H and O–H groups in total. The molecule has 2 fully saturated rings. The number of ether oxygens (including phenoxy) is 1. The second-order valence-corrected chi connectivity index (χ2v) is 10.7. The van der Waals surface area contributed by atoms with E-state index in [0.717, 1.165) is 38.5 Å². The second-order valence-electron chi connectivity index (χ2n) is 9.89. The molecular formula is C28H30FN3O4S. The number of pyridine rings is 1. The minimum atomic E-state index is -0.954. The number of carboxylic acid groups (broad SMARTS) is 1. The largest absolute Gasteiger partial charge is 0.481 e. The first kappa shape index (κ1) is 25.3. The Morgan fingerprint density at radius 2 is 1.97 bits per heavy atom. The summed E-state index contributed by atoms with van der Waals surface area (Å²) in [4.78, 5) is 36.1. The zero-order valence-corrected chi connectivity index (χ0v) is 21.5. The number of anilines is 1. The highest BCUT2D eigenvalue weighted by molar-refractivity contribution is 7.14. The van der Waals surface area contributed by atoms with Gasteiger partial charge in [0.05, 0.1) is 19.2 Å². The molecule has 1 atom stereocenters. The molecule has 9 heteroatoms. The second kappa shape index (κ2) is 11.0. The van der Waals surface area contributed by atoms with Gasteiger partial charge < -0.3 is 9.84 Å². The van der Waals surface area contributed by atoms with Crippen LogP contribution in [-0.2, 0) is 9.59 Å². The average Bonchev–Trinajstić information content (AvgIpc) is 3.36. The summed E-state index contributed by atoms with van der Waals surface area (Å²) >= 11 is 1.33. The number of hydrogen-bond donors (Lipinski definition) is 1. The zero-order chi connectivity index (χ0) is 25.9. The monoisotopic (exact) mass is 523 g/mol. The maximum atomic E-state index is 15.1. The van der Waals surface area contributed by atoms with Gasteiger partial charge in [-0.2, -0.15) is 0 Å². The van der Waals surface area contributed by atoms with Gasteiger partial charge in [-0.3, -0.25) is 14.5 Å². The smallest absolute Gasteiger partial charge is 0.304 e. The minimum Gasteiger partial charge on any atom is -0.481 e. The van der Waals surface area contributed by atoms with E-state index in [0.29, 0.717) is 45.7 Å². The van der Waals surface area contributed by atoms with Crippen LogP contribution in [0.15, 0.2) is 41.9 Å². The molecule has 0 aliphatic heterocycles. The number of aromatic nitrogens is 2. The lowest BCUT2D eigenvalue weighted by molar-refractivity contribution is -0.141. The molecule has 2 aliphatic rings. The molecule has 7 nitrogen and oxygen atoms in total. The van der Waals surface area contributed by atoms with Crippen LogP contribution >= 0.6 is 11.3 Å². The molecule has 0 radical (unpaired) electrons. The summed E-state index contributed by atoms with van der Waals surface area (Å²) in [5.41, 5.74) is 2.14. The SMILES string of the molecule is COc1ccc(-c2c(F)cccc2-c2csc(N(C(=O)C(CC(=O)O)CC3CCCC3)C3CC3)n2)cn1. The van der Waals surface area contributed by atoms with Gasteiger partial charge in [-0.05, 0) is 37.3 Å². The lowest BCUT2D eigenvalue weighted by Gasteiger charge is -2.26. The van der Waals surface area contributed by atoms with Crippen LogP contribution in [-0.4, -0.2) is 40.1 Å². The third-order valence-corrected chi connectivity index (χ3v) is 8.07. The molecule has 3 aromatic rings. The Morgan fingerprint density at radius 1 is 1.19 bits per heavy atom. The number of nitrogens with zero attached hydrogens (tertiary/aromatic N) is 3. The number of amides is 1. The fraction of sp³-hybridized carbons (Fsp3) is 0.429. The van der Waals surface area contributed by atoms with Crippen molar-refractivity contribution in [2.45, 2.75) is 57.4 Å². The Morgan fingerprint density at radius 3 is 2.62 bits per heavy atom. The van der Waals surface area contributed by atoms with Crippen LogP contribution in [0, 0.1) is 17.7 Å². The predicted octanol–water partition coefficient (Wildman–Crippen LogP) is 6.19. The quantitative estimate of drug-likeness (QED) is 0.341. The number of thiazole rings is 1. The van der Waals surface area contributed by atoms with Gasteiger partial charge in [0, 0.05) is 46.3 Å². The van der Waals surface area contributed by atoms with Crippen molar-refractivity contribution < 1.29 is 23.8 Å². The van der Waals surface area contributed by atoms with Gasteiger partial charge in [0.1, 0.15) is 5.82 Å². The number of hydrogen-bond acceptors (Lipinski definition) is 6. The highest BCUT2D eigenvalue weighted by Gasteiger charge is 2.40. The number of aliphatic carboxylic acids is 1. The first-order chi connectivity index (χ1) is 17.9. The summed E-state index contributed by atoms with van der Waals surface area (Å²) in [6, 6.07) is 8.30. The number of carbonyl (C=O) groups is 2. The van der Waals surface area contributed by atoms with Crippen LogP contribution < -0.4 is 9.64 Å². The number of carboxylic acids is 1. The van der Waals surface area contributed by atoms with Gasteiger partial charge in [0.15, 0.2) is 5.13 Å². The van der Waals surface area contributed by atoms with E-state index in [9.17, 15) is 14.7 Å². The van der Waals surface area contributed by atoms with Crippen LogP contribution in [0.1, 0.15) is 51.4 Å². The van der Waals surface area contributed by atoms with E-state index in [1.807, 2.05) is 5.38 Å². The molecule has 2 saturated carbocycles. The highest BCUT2D eigenvalue weighted by Crippen LogP contribution is 2.41. The lowest BCUT2D eigenvalue weighted by atomic mass is 9.90. The molecule has 5 rings (SSSR count). The Labute approximate surface area is 219 Å². The van der Waals surface area contributed by atoms with E-state index in [1.54, 1.807) is 35.4 Å². The molecule has 1 unspecified atom stereocenters. The van der Waals surface area contributed by atoms with Gasteiger partial charge in [0.25, 0.3) is 0 Å². The molecule has 0 spiro atoms. The molecule has 37 heavy (non-hydrogen) atoms. The van der Waals surface area contributed by atoms with Crippen molar-refractivity contribution in [2.24, 2.45) is 11.8 Å². The molecule has 1 amide bonds. The van der Waals surface area contributed by atoms with Crippen molar-refractivity contribution in [1.82, 2.24) is 9.97 Å². The number of methoxy groups -OCH3 is 1. The zero-order valence-electron chi connectivity index (χ0n) is 20.7. The Bertz CT molecular complexity index is 1270. The first-order valence-electron chi connectivity index (χ1n) is 12.7. The van der Waals surface area contributed by atoms with Gasteiger partial charge in [-0.25, -0.2) is 14.4 Å². The van der Waals surface area contributed by atoms with Crippen LogP contribution in [0.2, 0.25) is 0 Å². The van der Waals surface area contributed by atoms with Crippen molar-refractivity contribution in [3.8, 4) is 28.3 Å². The van der Waals surface area contributed by atoms with Crippen LogP contribution in [0.3, 0.4) is 0 Å². The number of halogens is 1. The molecular weight excluding hydrogens is 493 g/mol. The fourth-order valence-corrected chi connectivity index (χ4v) is 6.17. The van der Waals surface area contributed by atoms with Crippen molar-refractivity contribution >= 4 is 28.3 Å². The predicted molar refractivity (Wildman–Crippen MR) is 140 cm³/mol. The number of rotatable bonds is 10. The molecule has 0 bridgehead atoms. The van der Waals surface area contributed by atoms with Gasteiger partial charge in [-0.1, -0.05) is 37.8 Å². The highest BCUT2D eigenvalue weighted by atomic mass is 32.1. The normalized spacial score (nSPS) is 16.5. The number of carbonyl (C=O) groups excluding carboxylic acids is 1. The van der Waals surface area contributed by atoms with Crippen molar-refractivity contribution in [3.63, 3.8) is 0 Å². The maximum absolute atomic E-state index is 15.1. The van der Waals surface area contributed by atoms with Crippen LogP contribution in [0.4, 0.5) is 9.52 Å². The number of benzene rings is 1. The van der Waals surface area contributed by atoms with Gasteiger partial charge in [0.2, 0.25) is 11.8 Å². The minimum absolute atomic E-state index is 0.0316. The molecule has 2 aliphatic carbocycles. The van der Waals surface area contributed by atoms with Gasteiger partial charge in [-0.15, -0.1) is 11.3 Å². The Hall–Kier alpha value is -3.33. The third kappa shape index (κ3) is 5.66. The molecule has 194 valence electrons. The standard InChI is InChI=1S/C28H30FN3O4S/c1-36-24-12-9-18(15-30-24)26-21(7-4-8-22(26)29)23-16-37-28(31-23)32(20-10-11-20)27(35)19(14-25(33)34)13-17-5-2-3-6-17/h4,7-9,12,15-17,19-20H,2-3,5-6,10-11,13-14H2,1H3,(H,33,34). The summed E-state index contributed by atoms with van der Waals surface area (Å²) < 4.78 is 20.2. The van der Waals surface area contributed by atoms with Crippen molar-refractivity contribution in [3.05, 3.63) is 47.7 Å². The molecule has 0 saturated heterocycles. The average molecular weight is 524 g/mol. The van der Waals surface area contributed by atoms with E-state index in [1.165, 1.54) is 24.5 Å². The fourth-order valence-electron chi connectivity index (χ4n) is 5.27. The Kier molecular flexibility index (Phi) is 7.50. The van der Waals surface area contributed by atoms with E-state index in [-0.39, 0.29) is 18.4 Å². The van der Waals surface area contributed by atoms with E-state index in [2.05, 4.69) is 4.98 Å². The summed E-state index contributed by atoms with van der Waals surface area (Å²) in [6.45, 7) is 0. The summed E-state index contributed by atoms with van der Waals surface area (Å²) in [6.07, 6.45) is 8.11. The first-order valence-corrected chi connectivity index (χ1v) is 13.6. The van der Waals surface area contributed by atoms with E-state index < -0.39 is 17.7 Å². The van der Waals surface area contributed by atoms with E-state index >= 15 is 4.39 Å². The molecule has 1 aromatic carbocycles. The summed E-state index contributed by atoms with van der Waals surface area (Å²) in [7, 11) is 1.52. The topological polar surface area (TPSA) is 92.6 Å². The van der Waals surface area contributed by atoms with Crippen molar-refractivity contribution in [1.29, 1.82) is 0 Å². The Balaban J connectivity index is 1.46. The lowest BCUT2D eigenvalue weighted by Crippen LogP contribution is -2.39. The van der Waals surface area contributed by atoms with Crippen LogP contribution in [0.5, 0.6) is 5.88 Å².